The van der Waals surface area contributed by atoms with Crippen LogP contribution < -0.4 is 15.6 Å². The number of hydrogen-bond acceptors (Lipinski definition) is 8. The molecule has 0 aliphatic carbocycles. The Labute approximate surface area is 205 Å². The van der Waals surface area contributed by atoms with Crippen molar-refractivity contribution in [2.45, 2.75) is 33.3 Å². The summed E-state index contributed by atoms with van der Waals surface area (Å²) in [4.78, 5) is 37.3. The van der Waals surface area contributed by atoms with Crippen molar-refractivity contribution < 1.29 is 14.3 Å². The number of hydrazine groups is 1. The van der Waals surface area contributed by atoms with E-state index in [9.17, 15) is 9.59 Å². The lowest BCUT2D eigenvalue weighted by atomic mass is 10.1. The van der Waals surface area contributed by atoms with Crippen LogP contribution in [-0.2, 0) is 9.53 Å². The van der Waals surface area contributed by atoms with Gasteiger partial charge in [-0.25, -0.2) is 15.2 Å². The number of amides is 2. The fourth-order valence-corrected chi connectivity index (χ4v) is 3.95. The van der Waals surface area contributed by atoms with Gasteiger partial charge in [0.15, 0.2) is 0 Å². The van der Waals surface area contributed by atoms with Gasteiger partial charge in [0.1, 0.15) is 18.0 Å². The van der Waals surface area contributed by atoms with Crippen molar-refractivity contribution in [1.29, 1.82) is 0 Å². The van der Waals surface area contributed by atoms with Crippen molar-refractivity contribution in [2.24, 2.45) is 0 Å². The molecule has 0 spiro atoms. The van der Waals surface area contributed by atoms with Crippen molar-refractivity contribution in [3.63, 3.8) is 0 Å². The first-order valence-corrected chi connectivity index (χ1v) is 11.8. The van der Waals surface area contributed by atoms with Crippen LogP contribution in [0.4, 0.5) is 16.3 Å². The molecule has 1 saturated heterocycles. The molecule has 186 valence electrons. The lowest BCUT2D eigenvalue weighted by Gasteiger charge is -2.36. The summed E-state index contributed by atoms with van der Waals surface area (Å²) in [7, 11) is 0. The molecule has 4 rings (SSSR count). The van der Waals surface area contributed by atoms with Crippen LogP contribution in [0.2, 0.25) is 0 Å². The number of carbonyl (C=O) groups excluding carboxylic acids is 2. The Morgan fingerprint density at radius 2 is 1.89 bits per heavy atom. The number of piperazine rings is 1. The highest BCUT2D eigenvalue weighted by Crippen LogP contribution is 2.20. The second kappa shape index (κ2) is 10.3. The highest BCUT2D eigenvalue weighted by Gasteiger charge is 2.26. The topological polar surface area (TPSA) is 103 Å². The zero-order valence-electron chi connectivity index (χ0n) is 20.7. The summed E-state index contributed by atoms with van der Waals surface area (Å²) < 4.78 is 5.45. The molecule has 2 aromatic rings. The lowest BCUT2D eigenvalue weighted by molar-refractivity contribution is -0.117. The molecule has 0 atom stereocenters. The van der Waals surface area contributed by atoms with Crippen LogP contribution in [0.1, 0.15) is 32.0 Å². The summed E-state index contributed by atoms with van der Waals surface area (Å²) in [5.41, 5.74) is 6.83. The molecule has 10 nitrogen and oxygen atoms in total. The Morgan fingerprint density at radius 1 is 1.11 bits per heavy atom. The minimum absolute atomic E-state index is 0.160. The SMILES string of the molecule is Cc1cc(C2=CN(CC(=O)Nc3ccc(N4CCN(C(=O)OC(C)(C)C)CC4)cn3)NC2)ccn1. The van der Waals surface area contributed by atoms with E-state index in [1.165, 1.54) is 0 Å². The lowest BCUT2D eigenvalue weighted by Crippen LogP contribution is -2.50. The van der Waals surface area contributed by atoms with Gasteiger partial charge in [0, 0.05) is 50.8 Å². The number of aryl methyl sites for hydroxylation is 1. The molecule has 2 aromatic heterocycles. The first-order chi connectivity index (χ1) is 16.7. The number of ether oxygens (including phenoxy) is 1. The van der Waals surface area contributed by atoms with E-state index in [0.29, 0.717) is 38.5 Å². The number of rotatable bonds is 5. The fourth-order valence-electron chi connectivity index (χ4n) is 3.95. The quantitative estimate of drug-likeness (QED) is 0.675. The van der Waals surface area contributed by atoms with Gasteiger partial charge in [0.2, 0.25) is 5.91 Å². The summed E-state index contributed by atoms with van der Waals surface area (Å²) in [5, 5.41) is 4.62. The monoisotopic (exact) mass is 479 g/mol. The molecule has 1 fully saturated rings. The van der Waals surface area contributed by atoms with E-state index < -0.39 is 5.60 Å². The standard InChI is InChI=1S/C25H33N7O3/c1-18-13-19(7-8-26-18)20-14-28-32(16-20)17-23(33)29-22-6-5-21(15-27-22)30-9-11-31(12-10-30)24(34)35-25(2,3)4/h5-8,13,15-16,28H,9-12,14,17H2,1-4H3,(H,27,29,33). The molecule has 2 aliphatic heterocycles. The van der Waals surface area contributed by atoms with Gasteiger partial charge in [-0.3, -0.25) is 9.78 Å². The number of carbonyl (C=O) groups is 2. The Hall–Kier alpha value is -3.66. The zero-order chi connectivity index (χ0) is 25.0. The van der Waals surface area contributed by atoms with Gasteiger partial charge in [-0.2, -0.15) is 0 Å². The predicted octanol–water partition coefficient (Wildman–Crippen LogP) is 2.64. The summed E-state index contributed by atoms with van der Waals surface area (Å²) in [6.07, 6.45) is 5.20. The highest BCUT2D eigenvalue weighted by molar-refractivity contribution is 5.91. The van der Waals surface area contributed by atoms with Gasteiger partial charge in [-0.15, -0.1) is 0 Å². The molecule has 0 aromatic carbocycles. The van der Waals surface area contributed by atoms with E-state index in [0.717, 1.165) is 22.5 Å². The average Bonchev–Trinajstić information content (AvgIpc) is 3.27. The third-order valence-electron chi connectivity index (χ3n) is 5.68. The van der Waals surface area contributed by atoms with E-state index in [4.69, 9.17) is 4.74 Å². The first-order valence-electron chi connectivity index (χ1n) is 11.8. The molecule has 2 aliphatic rings. The normalized spacial score (nSPS) is 16.2. The zero-order valence-corrected chi connectivity index (χ0v) is 20.7. The molecular formula is C25H33N7O3. The smallest absolute Gasteiger partial charge is 0.410 e. The Bertz CT molecular complexity index is 1090. The van der Waals surface area contributed by atoms with E-state index in [-0.39, 0.29) is 18.5 Å². The minimum atomic E-state index is -0.499. The van der Waals surface area contributed by atoms with Gasteiger partial charge < -0.3 is 24.9 Å². The molecule has 2 N–H and O–H groups in total. The van der Waals surface area contributed by atoms with Crippen LogP contribution in [0.25, 0.3) is 5.57 Å². The number of pyridine rings is 2. The number of hydrogen-bond donors (Lipinski definition) is 2. The molecule has 10 heteroatoms. The highest BCUT2D eigenvalue weighted by atomic mass is 16.6. The van der Waals surface area contributed by atoms with E-state index in [1.807, 2.05) is 52.1 Å². The average molecular weight is 480 g/mol. The number of aromatic nitrogens is 2. The molecule has 0 bridgehead atoms. The Balaban J connectivity index is 1.25. The van der Waals surface area contributed by atoms with Crippen LogP contribution in [0.3, 0.4) is 0 Å². The second-order valence-electron chi connectivity index (χ2n) is 9.71. The maximum Gasteiger partial charge on any atom is 0.410 e. The summed E-state index contributed by atoms with van der Waals surface area (Å²) in [5.74, 6) is 0.339. The Morgan fingerprint density at radius 3 is 2.54 bits per heavy atom. The van der Waals surface area contributed by atoms with Crippen LogP contribution in [-0.4, -0.2) is 76.7 Å². The van der Waals surface area contributed by atoms with E-state index in [2.05, 4.69) is 25.6 Å². The fraction of sp³-hybridized carbons (Fsp3) is 0.440. The number of anilines is 2. The van der Waals surface area contributed by atoms with Crippen LogP contribution >= 0.6 is 0 Å². The van der Waals surface area contributed by atoms with Crippen molar-refractivity contribution in [3.05, 3.63) is 54.1 Å². The first kappa shape index (κ1) is 24.5. The van der Waals surface area contributed by atoms with Gasteiger partial charge in [-0.05, 0) is 63.1 Å². The van der Waals surface area contributed by atoms with Gasteiger partial charge >= 0.3 is 6.09 Å². The predicted molar refractivity (Wildman–Crippen MR) is 135 cm³/mol. The molecule has 0 saturated carbocycles. The largest absolute Gasteiger partial charge is 0.444 e. The second-order valence-corrected chi connectivity index (χ2v) is 9.71. The third kappa shape index (κ3) is 6.69. The number of nitrogens with one attached hydrogen (secondary N) is 2. The van der Waals surface area contributed by atoms with E-state index in [1.54, 1.807) is 28.4 Å². The Kier molecular flexibility index (Phi) is 7.20. The van der Waals surface area contributed by atoms with Crippen molar-refractivity contribution >= 4 is 29.1 Å². The summed E-state index contributed by atoms with van der Waals surface area (Å²) in [6, 6.07) is 7.72. The van der Waals surface area contributed by atoms with Crippen molar-refractivity contribution in [2.75, 3.05) is 49.5 Å². The van der Waals surface area contributed by atoms with Gasteiger partial charge in [-0.1, -0.05) is 0 Å². The molecule has 35 heavy (non-hydrogen) atoms. The van der Waals surface area contributed by atoms with Crippen LogP contribution in [0, 0.1) is 6.92 Å². The molecule has 0 unspecified atom stereocenters. The molecule has 0 radical (unpaired) electrons. The van der Waals surface area contributed by atoms with Gasteiger partial charge in [0.05, 0.1) is 11.9 Å². The van der Waals surface area contributed by atoms with Crippen LogP contribution in [0.5, 0.6) is 0 Å². The minimum Gasteiger partial charge on any atom is -0.444 e. The summed E-state index contributed by atoms with van der Waals surface area (Å²) in [6.45, 7) is 11.0. The van der Waals surface area contributed by atoms with Crippen LogP contribution in [0.15, 0.2) is 42.9 Å². The number of nitrogens with zero attached hydrogens (tertiary/aromatic N) is 5. The molecule has 4 heterocycles. The maximum absolute atomic E-state index is 12.5. The maximum atomic E-state index is 12.5. The van der Waals surface area contributed by atoms with Crippen molar-refractivity contribution in [3.8, 4) is 0 Å². The van der Waals surface area contributed by atoms with E-state index >= 15 is 0 Å². The third-order valence-corrected chi connectivity index (χ3v) is 5.68. The molecular weight excluding hydrogens is 446 g/mol. The van der Waals surface area contributed by atoms with Gasteiger partial charge in [0.25, 0.3) is 0 Å². The van der Waals surface area contributed by atoms with Crippen molar-refractivity contribution in [1.82, 2.24) is 25.3 Å². The molecule has 2 amide bonds. The summed E-state index contributed by atoms with van der Waals surface area (Å²) >= 11 is 0.